The molecule has 2 aromatic carbocycles. The van der Waals surface area contributed by atoms with Gasteiger partial charge in [0.15, 0.2) is 5.82 Å². The highest BCUT2D eigenvalue weighted by molar-refractivity contribution is 5.69. The normalized spacial score (nSPS) is 11.9. The highest BCUT2D eigenvalue weighted by Gasteiger charge is 2.18. The lowest BCUT2D eigenvalue weighted by atomic mass is 10.1. The smallest absolute Gasteiger partial charge is 0.293 e. The molecule has 0 fully saturated rings. The average Bonchev–Trinajstić information content (AvgIpc) is 3.15. The molecule has 1 atom stereocenters. The van der Waals surface area contributed by atoms with Gasteiger partial charge >= 0.3 is 0 Å². The van der Waals surface area contributed by atoms with Gasteiger partial charge in [0.2, 0.25) is 0 Å². The SMILES string of the molecule is CNC(C)Cc1noc(-c2ccc(NCc3ccccc3)c([N+](=O)[O-])c2)n1. The molecule has 8 nitrogen and oxygen atoms in total. The maximum atomic E-state index is 11.5. The standard InChI is InChI=1S/C19H21N5O3/c1-13(20-2)10-18-22-19(27-23-18)15-8-9-16(17(11-15)24(25)26)21-12-14-6-4-3-5-7-14/h3-9,11,13,20-21H,10,12H2,1-2H3. The fourth-order valence-corrected chi connectivity index (χ4v) is 2.59. The van der Waals surface area contributed by atoms with Crippen LogP contribution >= 0.6 is 0 Å². The van der Waals surface area contributed by atoms with E-state index in [1.54, 1.807) is 12.1 Å². The summed E-state index contributed by atoms with van der Waals surface area (Å²) in [5, 5.41) is 21.7. The Morgan fingerprint density at radius 2 is 2.00 bits per heavy atom. The number of hydrogen-bond acceptors (Lipinski definition) is 7. The number of hydrogen-bond donors (Lipinski definition) is 2. The van der Waals surface area contributed by atoms with E-state index < -0.39 is 4.92 Å². The third kappa shape index (κ3) is 4.68. The molecule has 1 unspecified atom stereocenters. The third-order valence-corrected chi connectivity index (χ3v) is 4.22. The van der Waals surface area contributed by atoms with Gasteiger partial charge in [-0.2, -0.15) is 4.98 Å². The lowest BCUT2D eigenvalue weighted by molar-refractivity contribution is -0.383. The second kappa shape index (κ2) is 8.41. The molecule has 0 saturated heterocycles. The zero-order valence-electron chi connectivity index (χ0n) is 15.2. The lowest BCUT2D eigenvalue weighted by Crippen LogP contribution is -2.24. The van der Waals surface area contributed by atoms with E-state index in [2.05, 4.69) is 20.8 Å². The summed E-state index contributed by atoms with van der Waals surface area (Å²) >= 11 is 0. The van der Waals surface area contributed by atoms with E-state index in [1.165, 1.54) is 6.07 Å². The number of likely N-dealkylation sites (N-methyl/N-ethyl adjacent to an activating group) is 1. The van der Waals surface area contributed by atoms with Crippen molar-refractivity contribution in [2.75, 3.05) is 12.4 Å². The third-order valence-electron chi connectivity index (χ3n) is 4.22. The Hall–Kier alpha value is -3.26. The highest BCUT2D eigenvalue weighted by Crippen LogP contribution is 2.30. The van der Waals surface area contributed by atoms with Crippen molar-refractivity contribution in [3.8, 4) is 11.5 Å². The summed E-state index contributed by atoms with van der Waals surface area (Å²) in [5.41, 5.74) is 1.96. The van der Waals surface area contributed by atoms with Gasteiger partial charge < -0.3 is 15.2 Å². The van der Waals surface area contributed by atoms with Crippen molar-refractivity contribution in [2.24, 2.45) is 0 Å². The van der Waals surface area contributed by atoms with Gasteiger partial charge in [-0.05, 0) is 31.7 Å². The maximum absolute atomic E-state index is 11.5. The minimum atomic E-state index is -0.419. The molecule has 1 heterocycles. The molecule has 27 heavy (non-hydrogen) atoms. The van der Waals surface area contributed by atoms with E-state index in [1.807, 2.05) is 44.3 Å². The van der Waals surface area contributed by atoms with Crippen LogP contribution in [0.4, 0.5) is 11.4 Å². The monoisotopic (exact) mass is 367 g/mol. The Kier molecular flexibility index (Phi) is 5.77. The van der Waals surface area contributed by atoms with Crippen LogP contribution in [0.3, 0.4) is 0 Å². The number of nitro groups is 1. The molecule has 0 saturated carbocycles. The van der Waals surface area contributed by atoms with Gasteiger partial charge in [-0.15, -0.1) is 0 Å². The molecule has 0 bridgehead atoms. The van der Waals surface area contributed by atoms with Crippen LogP contribution in [-0.4, -0.2) is 28.2 Å². The van der Waals surface area contributed by atoms with Crippen molar-refractivity contribution in [1.29, 1.82) is 0 Å². The summed E-state index contributed by atoms with van der Waals surface area (Å²) in [6.45, 7) is 2.50. The van der Waals surface area contributed by atoms with E-state index in [-0.39, 0.29) is 17.6 Å². The molecular weight excluding hydrogens is 346 g/mol. The zero-order valence-corrected chi connectivity index (χ0v) is 15.2. The number of anilines is 1. The first kappa shape index (κ1) is 18.5. The number of aromatic nitrogens is 2. The fourth-order valence-electron chi connectivity index (χ4n) is 2.59. The summed E-state index contributed by atoms with van der Waals surface area (Å²) in [6, 6.07) is 14.7. The van der Waals surface area contributed by atoms with Crippen LogP contribution in [0.5, 0.6) is 0 Å². The van der Waals surface area contributed by atoms with Crippen molar-refractivity contribution in [3.63, 3.8) is 0 Å². The Labute approximate surface area is 156 Å². The van der Waals surface area contributed by atoms with Gasteiger partial charge in [0.25, 0.3) is 11.6 Å². The number of nitrogens with zero attached hydrogens (tertiary/aromatic N) is 3. The molecule has 3 aromatic rings. The van der Waals surface area contributed by atoms with Gasteiger partial charge in [-0.3, -0.25) is 10.1 Å². The summed E-state index contributed by atoms with van der Waals surface area (Å²) in [6.07, 6.45) is 0.610. The number of benzene rings is 2. The van der Waals surface area contributed by atoms with Gasteiger partial charge in [0, 0.05) is 30.6 Å². The van der Waals surface area contributed by atoms with E-state index >= 15 is 0 Å². The summed E-state index contributed by atoms with van der Waals surface area (Å²) in [5.74, 6) is 0.826. The van der Waals surface area contributed by atoms with E-state index in [9.17, 15) is 10.1 Å². The van der Waals surface area contributed by atoms with Crippen LogP contribution < -0.4 is 10.6 Å². The zero-order chi connectivity index (χ0) is 19.2. The van der Waals surface area contributed by atoms with Gasteiger partial charge in [0.1, 0.15) is 5.69 Å². The molecule has 2 N–H and O–H groups in total. The van der Waals surface area contributed by atoms with Crippen molar-refractivity contribution in [2.45, 2.75) is 25.9 Å². The molecule has 3 rings (SSSR count). The molecule has 0 aliphatic rings. The molecule has 1 aromatic heterocycles. The van der Waals surface area contributed by atoms with E-state index in [4.69, 9.17) is 4.52 Å². The second-order valence-corrected chi connectivity index (χ2v) is 6.24. The van der Waals surface area contributed by atoms with Crippen LogP contribution in [0, 0.1) is 10.1 Å². The van der Waals surface area contributed by atoms with Gasteiger partial charge in [-0.1, -0.05) is 35.5 Å². The van der Waals surface area contributed by atoms with Gasteiger partial charge in [-0.25, -0.2) is 0 Å². The predicted octanol–water partition coefficient (Wildman–Crippen LogP) is 3.41. The number of rotatable bonds is 8. The van der Waals surface area contributed by atoms with Crippen molar-refractivity contribution >= 4 is 11.4 Å². The van der Waals surface area contributed by atoms with Crippen LogP contribution in [0.15, 0.2) is 53.1 Å². The van der Waals surface area contributed by atoms with E-state index in [0.717, 1.165) is 5.56 Å². The van der Waals surface area contributed by atoms with Crippen molar-refractivity contribution in [3.05, 3.63) is 70.0 Å². The van der Waals surface area contributed by atoms with Crippen molar-refractivity contribution < 1.29 is 9.45 Å². The molecule has 0 spiro atoms. The number of nitrogens with one attached hydrogen (secondary N) is 2. The summed E-state index contributed by atoms with van der Waals surface area (Å²) < 4.78 is 5.27. The molecular formula is C19H21N5O3. The van der Waals surface area contributed by atoms with Crippen LogP contribution in [0.2, 0.25) is 0 Å². The van der Waals surface area contributed by atoms with Gasteiger partial charge in [0.05, 0.1) is 4.92 Å². The second-order valence-electron chi connectivity index (χ2n) is 6.24. The van der Waals surface area contributed by atoms with Crippen LogP contribution in [0.1, 0.15) is 18.3 Å². The number of nitro benzene ring substituents is 1. The lowest BCUT2D eigenvalue weighted by Gasteiger charge is -2.08. The topological polar surface area (TPSA) is 106 Å². The first-order valence-electron chi connectivity index (χ1n) is 8.63. The Bertz CT molecular complexity index is 911. The van der Waals surface area contributed by atoms with Crippen LogP contribution in [-0.2, 0) is 13.0 Å². The highest BCUT2D eigenvalue weighted by atomic mass is 16.6. The first-order valence-corrected chi connectivity index (χ1v) is 8.63. The molecule has 0 amide bonds. The Morgan fingerprint density at radius 1 is 1.22 bits per heavy atom. The Morgan fingerprint density at radius 3 is 2.70 bits per heavy atom. The molecule has 0 aliphatic carbocycles. The summed E-state index contributed by atoms with van der Waals surface area (Å²) in [7, 11) is 1.86. The van der Waals surface area contributed by atoms with Crippen LogP contribution in [0.25, 0.3) is 11.5 Å². The Balaban J connectivity index is 1.80. The van der Waals surface area contributed by atoms with E-state index in [0.29, 0.717) is 30.0 Å². The largest absolute Gasteiger partial charge is 0.375 e. The quantitative estimate of drug-likeness (QED) is 0.464. The molecule has 8 heteroatoms. The molecule has 0 radical (unpaired) electrons. The average molecular weight is 367 g/mol. The summed E-state index contributed by atoms with van der Waals surface area (Å²) in [4.78, 5) is 15.4. The molecule has 140 valence electrons. The maximum Gasteiger partial charge on any atom is 0.293 e. The first-order chi connectivity index (χ1) is 13.1. The fraction of sp³-hybridized carbons (Fsp3) is 0.263. The minimum Gasteiger partial charge on any atom is -0.375 e. The molecule has 0 aliphatic heterocycles. The predicted molar refractivity (Wildman–Crippen MR) is 102 cm³/mol. The van der Waals surface area contributed by atoms with Crippen molar-refractivity contribution in [1.82, 2.24) is 15.5 Å². The minimum absolute atomic E-state index is 0.0354.